The predicted molar refractivity (Wildman–Crippen MR) is 71.2 cm³/mol. The molecule has 2 aromatic rings. The van der Waals surface area contributed by atoms with Crippen LogP contribution in [0, 0.1) is 0 Å². The maximum Gasteiger partial charge on any atom is 0.127 e. The van der Waals surface area contributed by atoms with Gasteiger partial charge in [-0.05, 0) is 19.1 Å². The lowest BCUT2D eigenvalue weighted by atomic mass is 10.1. The topological polar surface area (TPSA) is 59.3 Å². The van der Waals surface area contributed by atoms with E-state index in [1.807, 2.05) is 23.2 Å². The summed E-state index contributed by atoms with van der Waals surface area (Å²) >= 11 is 0. The summed E-state index contributed by atoms with van der Waals surface area (Å²) in [6.07, 6.45) is 5.55. The van der Waals surface area contributed by atoms with Gasteiger partial charge in [-0.25, -0.2) is 4.98 Å². The van der Waals surface area contributed by atoms with Gasteiger partial charge in [0.1, 0.15) is 18.1 Å². The maximum absolute atomic E-state index is 9.43. The zero-order valence-corrected chi connectivity index (χ0v) is 10.8. The Kier molecular flexibility index (Phi) is 3.13. The third-order valence-electron chi connectivity index (χ3n) is 3.31. The summed E-state index contributed by atoms with van der Waals surface area (Å²) in [5.74, 6) is 1.01. The van der Waals surface area contributed by atoms with Crippen LogP contribution in [0.4, 0.5) is 0 Å². The number of aromatic nitrogens is 2. The molecule has 1 aromatic heterocycles. The van der Waals surface area contributed by atoms with Gasteiger partial charge in [0, 0.05) is 36.6 Å². The summed E-state index contributed by atoms with van der Waals surface area (Å²) in [6, 6.07) is 5.76. The van der Waals surface area contributed by atoms with Gasteiger partial charge in [0.05, 0.1) is 12.4 Å². The Labute approximate surface area is 111 Å². The van der Waals surface area contributed by atoms with Gasteiger partial charge >= 0.3 is 0 Å². The van der Waals surface area contributed by atoms with Crippen molar-refractivity contribution in [3.63, 3.8) is 0 Å². The molecule has 0 aliphatic carbocycles. The van der Waals surface area contributed by atoms with Crippen LogP contribution in [0.15, 0.2) is 36.9 Å². The zero-order valence-electron chi connectivity index (χ0n) is 10.8. The lowest BCUT2D eigenvalue weighted by Crippen LogP contribution is -2.34. The molecule has 0 spiro atoms. The van der Waals surface area contributed by atoms with E-state index in [4.69, 9.17) is 4.74 Å². The van der Waals surface area contributed by atoms with Crippen molar-refractivity contribution in [2.24, 2.45) is 0 Å². The lowest BCUT2D eigenvalue weighted by molar-refractivity contribution is 0.293. The Balaban J connectivity index is 1.66. The average molecular weight is 259 g/mol. The molecule has 0 fully saturated rings. The van der Waals surface area contributed by atoms with E-state index in [1.54, 1.807) is 18.3 Å². The summed E-state index contributed by atoms with van der Waals surface area (Å²) in [5.41, 5.74) is 1.11. The molecule has 0 radical (unpaired) electrons. The van der Waals surface area contributed by atoms with E-state index < -0.39 is 0 Å². The Morgan fingerprint density at radius 3 is 3.26 bits per heavy atom. The van der Waals surface area contributed by atoms with Crippen molar-refractivity contribution in [2.75, 3.05) is 6.61 Å². The number of hydrogen-bond donors (Lipinski definition) is 2. The van der Waals surface area contributed by atoms with Crippen LogP contribution in [0.1, 0.15) is 18.5 Å². The van der Waals surface area contributed by atoms with Crippen molar-refractivity contribution in [1.82, 2.24) is 14.9 Å². The molecule has 1 aliphatic rings. The molecule has 3 rings (SSSR count). The van der Waals surface area contributed by atoms with Crippen LogP contribution in [0.2, 0.25) is 0 Å². The Hall–Kier alpha value is -2.01. The van der Waals surface area contributed by atoms with E-state index in [0.29, 0.717) is 12.6 Å². The molecule has 2 unspecified atom stereocenters. The van der Waals surface area contributed by atoms with Crippen LogP contribution in [0.5, 0.6) is 11.5 Å². The highest BCUT2D eigenvalue weighted by Gasteiger charge is 2.25. The number of ether oxygens (including phenoxy) is 1. The number of phenolic OH excluding ortho intramolecular Hbond substituents is 1. The molecule has 2 atom stereocenters. The molecular formula is C14H17N3O2. The number of nitrogens with zero attached hydrogens (tertiary/aromatic N) is 2. The number of aromatic hydroxyl groups is 1. The standard InChI is InChI=1S/C14H17N3O2/c1-10(7-17-5-4-15-9-17)16-13-8-19-14-6-11(18)2-3-12(13)14/h2-6,9-10,13,16,18H,7-8H2,1H3. The second kappa shape index (κ2) is 4.93. The third-order valence-corrected chi connectivity index (χ3v) is 3.31. The van der Waals surface area contributed by atoms with Gasteiger partial charge in [-0.3, -0.25) is 0 Å². The number of imidazole rings is 1. The van der Waals surface area contributed by atoms with Gasteiger partial charge < -0.3 is 19.7 Å². The fourth-order valence-electron chi connectivity index (χ4n) is 2.44. The summed E-state index contributed by atoms with van der Waals surface area (Å²) in [6.45, 7) is 3.61. The molecule has 0 saturated carbocycles. The van der Waals surface area contributed by atoms with Crippen LogP contribution in [0.3, 0.4) is 0 Å². The molecule has 5 heteroatoms. The van der Waals surface area contributed by atoms with Crippen molar-refractivity contribution in [2.45, 2.75) is 25.6 Å². The van der Waals surface area contributed by atoms with Crippen molar-refractivity contribution < 1.29 is 9.84 Å². The molecule has 100 valence electrons. The Morgan fingerprint density at radius 2 is 2.47 bits per heavy atom. The van der Waals surface area contributed by atoms with E-state index in [1.165, 1.54) is 0 Å². The van der Waals surface area contributed by atoms with Crippen LogP contribution in [-0.2, 0) is 6.54 Å². The largest absolute Gasteiger partial charge is 0.508 e. The first-order valence-electron chi connectivity index (χ1n) is 6.40. The Bertz CT molecular complexity index is 554. The van der Waals surface area contributed by atoms with Crippen molar-refractivity contribution in [3.8, 4) is 11.5 Å². The van der Waals surface area contributed by atoms with E-state index in [-0.39, 0.29) is 11.8 Å². The summed E-state index contributed by atoms with van der Waals surface area (Å²) in [7, 11) is 0. The predicted octanol–water partition coefficient (Wildman–Crippen LogP) is 1.70. The van der Waals surface area contributed by atoms with Crippen molar-refractivity contribution in [1.29, 1.82) is 0 Å². The van der Waals surface area contributed by atoms with Gasteiger partial charge in [0.2, 0.25) is 0 Å². The minimum atomic E-state index is 0.175. The second-order valence-electron chi connectivity index (χ2n) is 4.91. The van der Waals surface area contributed by atoms with E-state index in [2.05, 4.69) is 17.2 Å². The number of rotatable bonds is 4. The van der Waals surface area contributed by atoms with Crippen LogP contribution in [0.25, 0.3) is 0 Å². The zero-order chi connectivity index (χ0) is 13.2. The van der Waals surface area contributed by atoms with Crippen LogP contribution < -0.4 is 10.1 Å². The molecule has 1 aliphatic heterocycles. The SMILES string of the molecule is CC(Cn1ccnc1)NC1COc2cc(O)ccc21. The smallest absolute Gasteiger partial charge is 0.127 e. The second-order valence-corrected chi connectivity index (χ2v) is 4.91. The molecule has 0 amide bonds. The minimum absolute atomic E-state index is 0.175. The molecular weight excluding hydrogens is 242 g/mol. The lowest BCUT2D eigenvalue weighted by Gasteiger charge is -2.19. The van der Waals surface area contributed by atoms with Gasteiger partial charge in [-0.1, -0.05) is 0 Å². The Morgan fingerprint density at radius 1 is 1.58 bits per heavy atom. The first kappa shape index (κ1) is 12.0. The maximum atomic E-state index is 9.43. The van der Waals surface area contributed by atoms with E-state index in [9.17, 15) is 5.11 Å². The molecule has 5 nitrogen and oxygen atoms in total. The third kappa shape index (κ3) is 2.56. The number of nitrogens with one attached hydrogen (secondary N) is 1. The van der Waals surface area contributed by atoms with Crippen LogP contribution >= 0.6 is 0 Å². The normalized spacial score (nSPS) is 18.9. The number of hydrogen-bond acceptors (Lipinski definition) is 4. The monoisotopic (exact) mass is 259 g/mol. The molecule has 1 aromatic carbocycles. The first-order valence-corrected chi connectivity index (χ1v) is 6.40. The van der Waals surface area contributed by atoms with E-state index in [0.717, 1.165) is 17.9 Å². The van der Waals surface area contributed by atoms with Crippen molar-refractivity contribution in [3.05, 3.63) is 42.5 Å². The fraction of sp³-hybridized carbons (Fsp3) is 0.357. The average Bonchev–Trinajstić information content (AvgIpc) is 2.99. The van der Waals surface area contributed by atoms with Gasteiger partial charge in [0.15, 0.2) is 0 Å². The highest BCUT2D eigenvalue weighted by Crippen LogP contribution is 2.35. The van der Waals surface area contributed by atoms with Gasteiger partial charge in [-0.2, -0.15) is 0 Å². The molecule has 2 N–H and O–H groups in total. The first-order chi connectivity index (χ1) is 9.22. The number of benzene rings is 1. The van der Waals surface area contributed by atoms with Gasteiger partial charge in [0.25, 0.3) is 0 Å². The summed E-state index contributed by atoms with van der Waals surface area (Å²) < 4.78 is 7.63. The highest BCUT2D eigenvalue weighted by atomic mass is 16.5. The molecule has 0 saturated heterocycles. The highest BCUT2D eigenvalue weighted by molar-refractivity contribution is 5.44. The molecule has 19 heavy (non-hydrogen) atoms. The summed E-state index contributed by atoms with van der Waals surface area (Å²) in [4.78, 5) is 4.04. The van der Waals surface area contributed by atoms with E-state index >= 15 is 0 Å². The minimum Gasteiger partial charge on any atom is -0.508 e. The molecule has 2 heterocycles. The fourth-order valence-corrected chi connectivity index (χ4v) is 2.44. The quantitative estimate of drug-likeness (QED) is 0.877. The van der Waals surface area contributed by atoms with Crippen LogP contribution in [-0.4, -0.2) is 27.3 Å². The number of fused-ring (bicyclic) bond motifs is 1. The molecule has 0 bridgehead atoms. The summed E-state index contributed by atoms with van der Waals surface area (Å²) in [5, 5.41) is 13.0. The number of phenols is 1. The van der Waals surface area contributed by atoms with Crippen molar-refractivity contribution >= 4 is 0 Å². The van der Waals surface area contributed by atoms with Gasteiger partial charge in [-0.15, -0.1) is 0 Å².